The molecule has 0 aromatic heterocycles. The minimum Gasteiger partial charge on any atom is -0.285 e. The molecule has 0 N–H and O–H groups in total. The van der Waals surface area contributed by atoms with Gasteiger partial charge >= 0.3 is 13.1 Å². The maximum atomic E-state index is 11.7. The number of Topliss-reactive ketones (excluding diaryl/α,β-unsaturated/α-hetero) is 2. The van der Waals surface area contributed by atoms with Crippen LogP contribution in [0.3, 0.4) is 0 Å². The number of diazo groups is 2. The van der Waals surface area contributed by atoms with Crippen molar-refractivity contribution in [1.82, 2.24) is 0 Å². The lowest BCUT2D eigenvalue weighted by Gasteiger charge is -2.02. The Hall–Kier alpha value is -3.80. The van der Waals surface area contributed by atoms with E-state index in [1.54, 1.807) is 0 Å². The summed E-state index contributed by atoms with van der Waals surface area (Å²) in [5.41, 5.74) is -3.07. The van der Waals surface area contributed by atoms with E-state index in [2.05, 4.69) is 9.95 Å². The first-order chi connectivity index (χ1) is 10.3. The molecule has 0 unspecified atom stereocenters. The van der Waals surface area contributed by atoms with Crippen LogP contribution in [0, 0.1) is 31.0 Å². The van der Waals surface area contributed by atoms with Gasteiger partial charge in [-0.1, -0.05) is 0 Å². The van der Waals surface area contributed by atoms with Crippen LogP contribution in [0.5, 0.6) is 0 Å². The molecule has 0 radical (unpaired) electrons. The molecule has 0 heterocycles. The zero-order chi connectivity index (χ0) is 16.9. The molecule has 1 aromatic carbocycles. The standard InChI is InChI=1S/C10H6N6O6/c11-13-3-9(17)5-1-6(10(18)4-14-12)8(16(21)22)2-7(5)15(19)20/h1-2H,3-4H2/q+2. The number of carbonyl (C=O) groups excluding carboxylic acids is 2. The van der Waals surface area contributed by atoms with Crippen LogP contribution < -0.4 is 0 Å². The lowest BCUT2D eigenvalue weighted by Crippen LogP contribution is -2.12. The number of benzene rings is 1. The number of nitro groups is 2. The first kappa shape index (κ1) is 16.3. The van der Waals surface area contributed by atoms with E-state index in [4.69, 9.17) is 10.8 Å². The molecule has 0 atom stereocenters. The normalized spacial score (nSPS) is 9.36. The van der Waals surface area contributed by atoms with E-state index in [9.17, 15) is 29.8 Å². The van der Waals surface area contributed by atoms with E-state index in [1.807, 2.05) is 0 Å². The number of rotatable bonds is 6. The molecule has 0 saturated heterocycles. The molecule has 0 bridgehead atoms. The molecule has 110 valence electrons. The molecule has 0 spiro atoms. The lowest BCUT2D eigenvalue weighted by atomic mass is 10.00. The SMILES string of the molecule is N#[N+]CC(=O)c1cc(C(=O)C[N+]#N)c([N+](=O)[O-])cc1[N+](=O)[O-]. The van der Waals surface area contributed by atoms with Gasteiger partial charge in [-0.25, -0.2) is 0 Å². The summed E-state index contributed by atoms with van der Waals surface area (Å²) in [6.45, 7) is -1.65. The van der Waals surface area contributed by atoms with Crippen molar-refractivity contribution in [2.75, 3.05) is 13.1 Å². The van der Waals surface area contributed by atoms with Gasteiger partial charge in [-0.2, -0.15) is 0 Å². The van der Waals surface area contributed by atoms with E-state index >= 15 is 0 Å². The highest BCUT2D eigenvalue weighted by Crippen LogP contribution is 2.30. The summed E-state index contributed by atoms with van der Waals surface area (Å²) in [4.78, 5) is 48.1. The molecule has 0 aliphatic carbocycles. The third kappa shape index (κ3) is 3.20. The minimum atomic E-state index is -1.04. The number of hydrogen-bond donors (Lipinski definition) is 0. The van der Waals surface area contributed by atoms with Crippen molar-refractivity contribution in [3.63, 3.8) is 0 Å². The number of hydrogen-bond acceptors (Lipinski definition) is 8. The molecule has 0 saturated carbocycles. The maximum Gasteiger partial charge on any atom is 0.367 e. The molecular formula is C10H6N6O6+2. The number of ketones is 2. The Morgan fingerprint density at radius 1 is 0.909 bits per heavy atom. The quantitative estimate of drug-likeness (QED) is 0.329. The smallest absolute Gasteiger partial charge is 0.285 e. The second-order valence-corrected chi connectivity index (χ2v) is 3.85. The third-order valence-corrected chi connectivity index (χ3v) is 2.54. The minimum absolute atomic E-state index is 0.454. The van der Waals surface area contributed by atoms with E-state index in [0.29, 0.717) is 12.1 Å². The van der Waals surface area contributed by atoms with E-state index in [1.165, 1.54) is 0 Å². The Kier molecular flexibility index (Phi) is 4.86. The molecule has 0 amide bonds. The van der Waals surface area contributed by atoms with Crippen LogP contribution in [0.1, 0.15) is 20.7 Å². The summed E-state index contributed by atoms with van der Waals surface area (Å²) in [6, 6.07) is 1.10. The monoisotopic (exact) mass is 306 g/mol. The molecule has 12 heteroatoms. The fraction of sp³-hybridized carbons (Fsp3) is 0.200. The summed E-state index contributed by atoms with van der Waals surface area (Å²) in [5.74, 6) is -2.03. The number of nitrogens with zero attached hydrogens (tertiary/aromatic N) is 6. The van der Waals surface area contributed by atoms with Crippen LogP contribution in [-0.4, -0.2) is 34.5 Å². The van der Waals surface area contributed by atoms with Crippen molar-refractivity contribution < 1.29 is 19.4 Å². The Labute approximate surface area is 120 Å². The Morgan fingerprint density at radius 2 is 1.27 bits per heavy atom. The Morgan fingerprint density at radius 3 is 1.55 bits per heavy atom. The van der Waals surface area contributed by atoms with Gasteiger partial charge in [-0.05, 0) is 6.07 Å². The highest BCUT2D eigenvalue weighted by molar-refractivity contribution is 6.08. The Balaban J connectivity index is 3.67. The summed E-state index contributed by atoms with van der Waals surface area (Å²) in [5, 5.41) is 38.5. The molecule has 0 aliphatic rings. The largest absolute Gasteiger partial charge is 0.367 e. The first-order valence-electron chi connectivity index (χ1n) is 5.48. The predicted molar refractivity (Wildman–Crippen MR) is 68.3 cm³/mol. The van der Waals surface area contributed by atoms with Gasteiger partial charge < -0.3 is 0 Å². The van der Waals surface area contributed by atoms with Crippen LogP contribution in [0.15, 0.2) is 12.1 Å². The first-order valence-corrected chi connectivity index (χ1v) is 5.48. The Bertz CT molecular complexity index is 712. The number of carbonyl (C=O) groups is 2. The van der Waals surface area contributed by atoms with Crippen molar-refractivity contribution >= 4 is 22.9 Å². The lowest BCUT2D eigenvalue weighted by molar-refractivity contribution is -0.394. The van der Waals surface area contributed by atoms with Crippen LogP contribution >= 0.6 is 0 Å². The highest BCUT2D eigenvalue weighted by Gasteiger charge is 2.33. The molecular weight excluding hydrogens is 300 g/mol. The molecule has 1 aromatic rings. The summed E-state index contributed by atoms with van der Waals surface area (Å²) in [6.07, 6.45) is 0. The van der Waals surface area contributed by atoms with Gasteiger partial charge in [0.2, 0.25) is 10.8 Å². The van der Waals surface area contributed by atoms with Gasteiger partial charge in [-0.15, -0.1) is 0 Å². The molecule has 22 heavy (non-hydrogen) atoms. The summed E-state index contributed by atoms with van der Waals surface area (Å²) in [7, 11) is 0. The number of nitro benzene ring substituents is 2. The third-order valence-electron chi connectivity index (χ3n) is 2.54. The fourth-order valence-corrected chi connectivity index (χ4v) is 1.62. The van der Waals surface area contributed by atoms with Crippen molar-refractivity contribution in [2.45, 2.75) is 0 Å². The summed E-state index contributed by atoms with van der Waals surface area (Å²) < 4.78 is 0. The topological polar surface area (TPSA) is 177 Å². The van der Waals surface area contributed by atoms with Crippen molar-refractivity contribution in [3.8, 4) is 0 Å². The van der Waals surface area contributed by atoms with Crippen LogP contribution in [0.4, 0.5) is 11.4 Å². The molecule has 12 nitrogen and oxygen atoms in total. The van der Waals surface area contributed by atoms with E-state index in [-0.39, 0.29) is 0 Å². The van der Waals surface area contributed by atoms with Crippen LogP contribution in [0.25, 0.3) is 9.95 Å². The predicted octanol–water partition coefficient (Wildman–Crippen LogP) is 1.57. The maximum absolute atomic E-state index is 11.7. The van der Waals surface area contributed by atoms with Gasteiger partial charge in [0.05, 0.1) is 15.9 Å². The molecule has 0 fully saturated rings. The van der Waals surface area contributed by atoms with Crippen molar-refractivity contribution in [1.29, 1.82) is 10.8 Å². The second kappa shape index (κ2) is 6.58. The van der Waals surface area contributed by atoms with E-state index in [0.717, 1.165) is 0 Å². The van der Waals surface area contributed by atoms with Gasteiger partial charge in [0.1, 0.15) is 21.1 Å². The van der Waals surface area contributed by atoms with Crippen LogP contribution in [0.2, 0.25) is 0 Å². The van der Waals surface area contributed by atoms with Gasteiger partial charge in [0.25, 0.3) is 22.9 Å². The zero-order valence-electron chi connectivity index (χ0n) is 10.7. The van der Waals surface area contributed by atoms with Crippen molar-refractivity contribution in [3.05, 3.63) is 53.4 Å². The highest BCUT2D eigenvalue weighted by atomic mass is 16.6. The average Bonchev–Trinajstić information content (AvgIpc) is 2.46. The fourth-order valence-electron chi connectivity index (χ4n) is 1.62. The van der Waals surface area contributed by atoms with E-state index < -0.39 is 57.0 Å². The molecule has 1 rings (SSSR count). The van der Waals surface area contributed by atoms with Gasteiger partial charge in [0.15, 0.2) is 0 Å². The van der Waals surface area contributed by atoms with Crippen molar-refractivity contribution in [2.24, 2.45) is 0 Å². The average molecular weight is 306 g/mol. The van der Waals surface area contributed by atoms with Crippen LogP contribution in [-0.2, 0) is 0 Å². The summed E-state index contributed by atoms with van der Waals surface area (Å²) >= 11 is 0. The van der Waals surface area contributed by atoms with Gasteiger partial charge in [0, 0.05) is 0 Å². The second-order valence-electron chi connectivity index (χ2n) is 3.85. The molecule has 0 aliphatic heterocycles. The van der Waals surface area contributed by atoms with Gasteiger partial charge in [-0.3, -0.25) is 29.8 Å². The zero-order valence-corrected chi connectivity index (χ0v) is 10.7.